The number of hydrogen-bond donors (Lipinski definition) is 2. The van der Waals surface area contributed by atoms with Crippen LogP contribution in [0.25, 0.3) is 0 Å². The van der Waals surface area contributed by atoms with E-state index >= 15 is 0 Å². The van der Waals surface area contributed by atoms with Gasteiger partial charge in [-0.05, 0) is 18.6 Å². The summed E-state index contributed by atoms with van der Waals surface area (Å²) < 4.78 is 45.1. The molecule has 6 nitrogen and oxygen atoms in total. The smallest absolute Gasteiger partial charge is 0.216 e. The Bertz CT molecular complexity index is 562. The topological polar surface area (TPSA) is 106 Å². The van der Waals surface area contributed by atoms with Crippen molar-refractivity contribution in [1.82, 2.24) is 4.72 Å². The highest BCUT2D eigenvalue weighted by atomic mass is 35.7. The molecule has 0 aliphatic carbocycles. The Labute approximate surface area is 102 Å². The molecule has 0 aromatic carbocycles. The van der Waals surface area contributed by atoms with Crippen molar-refractivity contribution < 1.29 is 16.8 Å². The van der Waals surface area contributed by atoms with Crippen molar-refractivity contribution in [3.05, 3.63) is 17.0 Å². The summed E-state index contributed by atoms with van der Waals surface area (Å²) in [7, 11) is -2.28. The van der Waals surface area contributed by atoms with Crippen molar-refractivity contribution in [3.8, 4) is 0 Å². The molecule has 16 heavy (non-hydrogen) atoms. The lowest BCUT2D eigenvalue weighted by molar-refractivity contribution is 0.583. The van der Waals surface area contributed by atoms with Crippen LogP contribution >= 0.6 is 22.0 Å². The van der Waals surface area contributed by atoms with Gasteiger partial charge in [0.15, 0.2) is 0 Å². The lowest BCUT2D eigenvalue weighted by atomic mass is 10.3. The van der Waals surface area contributed by atoms with E-state index in [9.17, 15) is 16.8 Å². The van der Waals surface area contributed by atoms with Gasteiger partial charge in [0.05, 0.1) is 0 Å². The largest absolute Gasteiger partial charge is 0.274 e. The summed E-state index contributed by atoms with van der Waals surface area (Å²) >= 11 is 0.995. The van der Waals surface area contributed by atoms with Crippen LogP contribution in [0.1, 0.15) is 4.88 Å². The molecule has 1 aromatic rings. The summed E-state index contributed by atoms with van der Waals surface area (Å²) in [5.41, 5.74) is 0. The lowest BCUT2D eigenvalue weighted by Gasteiger charge is -1.99. The fraction of sp³-hybridized carbons (Fsp3) is 0.333. The van der Waals surface area contributed by atoms with Crippen LogP contribution in [-0.2, 0) is 25.7 Å². The highest BCUT2D eigenvalue weighted by molar-refractivity contribution is 8.15. The summed E-state index contributed by atoms with van der Waals surface area (Å²) in [6.45, 7) is 0.112. The van der Waals surface area contributed by atoms with Crippen molar-refractivity contribution in [3.63, 3.8) is 0 Å². The van der Waals surface area contributed by atoms with Crippen LogP contribution in [0.15, 0.2) is 16.3 Å². The predicted octanol–water partition coefficient (Wildman–Crippen LogP) is 0.0112. The fourth-order valence-electron chi connectivity index (χ4n) is 0.940. The van der Waals surface area contributed by atoms with Crippen molar-refractivity contribution in [1.29, 1.82) is 0 Å². The monoisotopic (exact) mass is 304 g/mol. The van der Waals surface area contributed by atoms with Crippen LogP contribution in [0.5, 0.6) is 0 Å². The van der Waals surface area contributed by atoms with Gasteiger partial charge in [0.1, 0.15) is 4.21 Å². The predicted molar refractivity (Wildman–Crippen MR) is 62.2 cm³/mol. The molecule has 0 fully saturated rings. The third kappa shape index (κ3) is 4.76. The van der Waals surface area contributed by atoms with Gasteiger partial charge >= 0.3 is 0 Å². The van der Waals surface area contributed by atoms with Crippen LogP contribution < -0.4 is 9.86 Å². The van der Waals surface area contributed by atoms with Crippen LogP contribution in [0.2, 0.25) is 0 Å². The molecule has 0 radical (unpaired) electrons. The van der Waals surface area contributed by atoms with Crippen LogP contribution in [0.3, 0.4) is 0 Å². The molecule has 0 aliphatic rings. The van der Waals surface area contributed by atoms with Crippen molar-refractivity contribution >= 4 is 41.3 Å². The van der Waals surface area contributed by atoms with Gasteiger partial charge in [-0.3, -0.25) is 0 Å². The minimum atomic E-state index is -3.71. The highest BCUT2D eigenvalue weighted by Gasteiger charge is 2.13. The van der Waals surface area contributed by atoms with E-state index in [-0.39, 0.29) is 10.8 Å². The first kappa shape index (κ1) is 13.9. The highest BCUT2D eigenvalue weighted by Crippen LogP contribution is 2.24. The minimum Gasteiger partial charge on any atom is -0.216 e. The van der Waals surface area contributed by atoms with Crippen LogP contribution in [-0.4, -0.2) is 23.4 Å². The maximum absolute atomic E-state index is 10.9. The number of rotatable bonds is 5. The third-order valence-corrected chi connectivity index (χ3v) is 5.40. The van der Waals surface area contributed by atoms with E-state index in [1.165, 1.54) is 6.07 Å². The standard InChI is InChI=1S/C6H9ClN2O4S3/c7-15(10,11)6-2-1-5(14-6)3-4-9-16(8,12)13/h1-2,9H,3-4H2,(H2,8,12,13). The SMILES string of the molecule is NS(=O)(=O)NCCc1ccc(S(=O)(=O)Cl)s1. The summed E-state index contributed by atoms with van der Waals surface area (Å²) in [6.07, 6.45) is 0.355. The molecule has 0 aliphatic heterocycles. The molecule has 1 heterocycles. The zero-order chi connectivity index (χ0) is 12.4. The second-order valence-electron chi connectivity index (χ2n) is 2.85. The summed E-state index contributed by atoms with van der Waals surface area (Å²) in [5.74, 6) is 0. The normalized spacial score (nSPS) is 12.9. The number of nitrogens with one attached hydrogen (secondary N) is 1. The molecule has 1 aromatic heterocycles. The number of nitrogens with two attached hydrogens (primary N) is 1. The van der Waals surface area contributed by atoms with Crippen molar-refractivity contribution in [2.24, 2.45) is 5.14 Å². The molecule has 0 bridgehead atoms. The molecule has 3 N–H and O–H groups in total. The maximum atomic E-state index is 10.9. The first-order valence-corrected chi connectivity index (χ1v) is 8.66. The third-order valence-electron chi connectivity index (χ3n) is 1.55. The summed E-state index contributed by atoms with van der Waals surface area (Å²) in [6, 6.07) is 2.95. The first-order valence-electron chi connectivity index (χ1n) is 3.99. The van der Waals surface area contributed by atoms with Crippen LogP contribution in [0, 0.1) is 0 Å². The molecule has 0 amide bonds. The van der Waals surface area contributed by atoms with Gasteiger partial charge in [-0.15, -0.1) is 11.3 Å². The van der Waals surface area contributed by atoms with Crippen molar-refractivity contribution in [2.45, 2.75) is 10.6 Å². The summed E-state index contributed by atoms with van der Waals surface area (Å²) in [4.78, 5) is 0.704. The van der Waals surface area contributed by atoms with Gasteiger partial charge in [0.2, 0.25) is 0 Å². The molecule has 1 rings (SSSR count). The number of thiophene rings is 1. The second-order valence-corrected chi connectivity index (χ2v) is 8.19. The van der Waals surface area contributed by atoms with Crippen molar-refractivity contribution in [2.75, 3.05) is 6.54 Å². The fourth-order valence-corrected chi connectivity index (χ4v) is 3.45. The first-order chi connectivity index (χ1) is 7.18. The van der Waals surface area contributed by atoms with E-state index in [1.807, 2.05) is 0 Å². The maximum Gasteiger partial charge on any atom is 0.274 e. The molecule has 0 saturated carbocycles. The average Bonchev–Trinajstić information content (AvgIpc) is 2.49. The Balaban J connectivity index is 2.61. The molecule has 10 heteroatoms. The molecule has 0 unspecified atom stereocenters. The number of hydrogen-bond acceptors (Lipinski definition) is 5. The minimum absolute atomic E-state index is 0.0415. The lowest BCUT2D eigenvalue weighted by Crippen LogP contribution is -2.32. The molecule has 0 atom stereocenters. The summed E-state index contributed by atoms with van der Waals surface area (Å²) in [5, 5.41) is 4.72. The van der Waals surface area contributed by atoms with E-state index < -0.39 is 19.3 Å². The van der Waals surface area contributed by atoms with E-state index in [2.05, 4.69) is 4.72 Å². The zero-order valence-electron chi connectivity index (χ0n) is 7.88. The Kier molecular flexibility index (Phi) is 4.32. The van der Waals surface area contributed by atoms with Gasteiger partial charge in [-0.25, -0.2) is 18.3 Å². The van der Waals surface area contributed by atoms with E-state index in [0.717, 1.165) is 11.3 Å². The second kappa shape index (κ2) is 4.98. The van der Waals surface area contributed by atoms with Gasteiger partial charge in [0, 0.05) is 22.1 Å². The molecule has 92 valence electrons. The van der Waals surface area contributed by atoms with Gasteiger partial charge in [-0.2, -0.15) is 8.42 Å². The number of halogens is 1. The Hall–Kier alpha value is -0.190. The Morgan fingerprint density at radius 2 is 1.94 bits per heavy atom. The molecular formula is C6H9ClN2O4S3. The molecule has 0 saturated heterocycles. The van der Waals surface area contributed by atoms with Gasteiger partial charge in [0.25, 0.3) is 19.3 Å². The Morgan fingerprint density at radius 1 is 1.31 bits per heavy atom. The quantitative estimate of drug-likeness (QED) is 0.747. The van der Waals surface area contributed by atoms with Crippen LogP contribution in [0.4, 0.5) is 0 Å². The Morgan fingerprint density at radius 3 is 2.38 bits per heavy atom. The zero-order valence-corrected chi connectivity index (χ0v) is 11.1. The molecule has 0 spiro atoms. The van der Waals surface area contributed by atoms with Gasteiger partial charge < -0.3 is 0 Å². The van der Waals surface area contributed by atoms with Gasteiger partial charge in [-0.1, -0.05) is 0 Å². The average molecular weight is 305 g/mol. The van der Waals surface area contributed by atoms with E-state index in [4.69, 9.17) is 15.8 Å². The molecular weight excluding hydrogens is 296 g/mol. The van der Waals surface area contributed by atoms with E-state index in [1.54, 1.807) is 6.07 Å². The van der Waals surface area contributed by atoms with E-state index in [0.29, 0.717) is 11.3 Å².